The highest BCUT2D eigenvalue weighted by Gasteiger charge is 2.08. The Labute approximate surface area is 128 Å². The van der Waals surface area contributed by atoms with Gasteiger partial charge in [-0.1, -0.05) is 6.07 Å². The molecule has 7 nitrogen and oxygen atoms in total. The first-order valence-electron chi connectivity index (χ1n) is 7.40. The Bertz CT molecular complexity index is 747. The number of hydrogen-bond acceptors (Lipinski definition) is 4. The summed E-state index contributed by atoms with van der Waals surface area (Å²) in [7, 11) is 0. The van der Waals surface area contributed by atoms with Crippen LogP contribution >= 0.6 is 0 Å². The normalized spacial score (nSPS) is 11.1. The van der Waals surface area contributed by atoms with Gasteiger partial charge in [-0.3, -0.25) is 0 Å². The number of fused-ring (bicyclic) bond motifs is 1. The van der Waals surface area contributed by atoms with Crippen molar-refractivity contribution in [1.82, 2.24) is 14.2 Å². The van der Waals surface area contributed by atoms with E-state index in [4.69, 9.17) is 10.8 Å². The maximum atomic E-state index is 8.89. The van der Waals surface area contributed by atoms with Crippen LogP contribution in [0.4, 0.5) is 11.5 Å². The van der Waals surface area contributed by atoms with E-state index in [0.29, 0.717) is 12.2 Å². The molecule has 0 aliphatic carbocycles. The molecule has 3 aromatic rings. The summed E-state index contributed by atoms with van der Waals surface area (Å²) >= 11 is 0. The van der Waals surface area contributed by atoms with Gasteiger partial charge in [0.25, 0.3) is 0 Å². The number of nitrogens with two attached hydrogens (primary N) is 1. The average molecular weight is 301 g/mol. The van der Waals surface area contributed by atoms with E-state index < -0.39 is 0 Å². The quantitative estimate of drug-likeness (QED) is 0.438. The van der Waals surface area contributed by atoms with Gasteiger partial charge in [-0.05, 0) is 12.1 Å². The molecule has 22 heavy (non-hydrogen) atoms. The fraction of sp³-hybridized carbons (Fsp3) is 0.333. The van der Waals surface area contributed by atoms with Crippen LogP contribution in [0.1, 0.15) is 6.42 Å². The van der Waals surface area contributed by atoms with Gasteiger partial charge in [0.15, 0.2) is 5.82 Å². The molecule has 0 saturated heterocycles. The van der Waals surface area contributed by atoms with Gasteiger partial charge in [0.1, 0.15) is 24.6 Å². The second-order valence-corrected chi connectivity index (χ2v) is 5.19. The maximum Gasteiger partial charge on any atom is 0.243 e. The zero-order valence-electron chi connectivity index (χ0n) is 12.4. The number of nitrogens with one attached hydrogen (secondary N) is 1. The highest BCUT2D eigenvalue weighted by molar-refractivity contribution is 5.80. The number of nitrogen functional groups attached to an aromatic ring is 1. The predicted octanol–water partition coefficient (Wildman–Crippen LogP) is 0.500. The van der Waals surface area contributed by atoms with Crippen LogP contribution in [-0.2, 0) is 13.1 Å². The van der Waals surface area contributed by atoms with Gasteiger partial charge in [0.2, 0.25) is 6.33 Å². The first-order chi connectivity index (χ1) is 10.8. The third-order valence-electron chi connectivity index (χ3n) is 3.57. The molecular formula is C15H21N6O+. The predicted molar refractivity (Wildman–Crippen MR) is 84.4 cm³/mol. The number of imidazole rings is 1. The van der Waals surface area contributed by atoms with Gasteiger partial charge >= 0.3 is 0 Å². The summed E-state index contributed by atoms with van der Waals surface area (Å²) in [5.74, 6) is 0.731. The van der Waals surface area contributed by atoms with E-state index in [1.807, 2.05) is 47.7 Å². The van der Waals surface area contributed by atoms with Crippen LogP contribution in [0.3, 0.4) is 0 Å². The van der Waals surface area contributed by atoms with E-state index in [1.165, 1.54) is 0 Å². The minimum atomic E-state index is 0.156. The van der Waals surface area contributed by atoms with Crippen molar-refractivity contribution in [3.05, 3.63) is 43.1 Å². The van der Waals surface area contributed by atoms with Gasteiger partial charge in [-0.25, -0.2) is 13.6 Å². The second-order valence-electron chi connectivity index (χ2n) is 5.19. The molecule has 0 saturated carbocycles. The maximum absolute atomic E-state index is 8.89. The topological polar surface area (TPSA) is 84.4 Å². The molecular weight excluding hydrogens is 280 g/mol. The van der Waals surface area contributed by atoms with Crippen LogP contribution < -0.4 is 15.6 Å². The van der Waals surface area contributed by atoms with Gasteiger partial charge in [0.05, 0.1) is 18.7 Å². The van der Waals surface area contributed by atoms with Crippen molar-refractivity contribution >= 4 is 17.0 Å². The molecule has 116 valence electrons. The van der Waals surface area contributed by atoms with Crippen molar-refractivity contribution in [1.29, 1.82) is 0 Å². The van der Waals surface area contributed by atoms with E-state index in [9.17, 15) is 0 Å². The Morgan fingerprint density at radius 2 is 2.23 bits per heavy atom. The molecule has 0 aromatic carbocycles. The Kier molecular flexibility index (Phi) is 4.24. The third kappa shape index (κ3) is 3.04. The number of aromatic nitrogens is 4. The molecule has 0 aliphatic heterocycles. The highest BCUT2D eigenvalue weighted by Crippen LogP contribution is 2.22. The largest absolute Gasteiger partial charge is 0.394 e. The lowest BCUT2D eigenvalue weighted by atomic mass is 10.3. The highest BCUT2D eigenvalue weighted by atomic mass is 16.3. The molecule has 3 aromatic heterocycles. The summed E-state index contributed by atoms with van der Waals surface area (Å²) in [5, 5.41) is 16.6. The van der Waals surface area contributed by atoms with Crippen LogP contribution in [0.25, 0.3) is 5.52 Å². The van der Waals surface area contributed by atoms with Crippen LogP contribution in [0.2, 0.25) is 0 Å². The van der Waals surface area contributed by atoms with Crippen molar-refractivity contribution in [2.45, 2.75) is 19.5 Å². The van der Waals surface area contributed by atoms with Crippen molar-refractivity contribution in [3.63, 3.8) is 0 Å². The fourth-order valence-corrected chi connectivity index (χ4v) is 2.44. The van der Waals surface area contributed by atoms with Gasteiger partial charge in [0, 0.05) is 19.2 Å². The molecule has 3 heterocycles. The summed E-state index contributed by atoms with van der Waals surface area (Å²) < 4.78 is 5.85. The van der Waals surface area contributed by atoms with Crippen molar-refractivity contribution in [2.75, 3.05) is 24.2 Å². The lowest BCUT2D eigenvalue weighted by Gasteiger charge is -2.02. The number of anilines is 2. The number of rotatable bonds is 7. The Morgan fingerprint density at radius 1 is 1.32 bits per heavy atom. The smallest absolute Gasteiger partial charge is 0.243 e. The molecule has 0 amide bonds. The first-order valence-corrected chi connectivity index (χ1v) is 7.40. The third-order valence-corrected chi connectivity index (χ3v) is 3.57. The fourth-order valence-electron chi connectivity index (χ4n) is 2.44. The SMILES string of the molecule is Nc1c(NCCC[n+]2ccn(CCO)c2)nn2ccccc12. The minimum absolute atomic E-state index is 0.156. The summed E-state index contributed by atoms with van der Waals surface area (Å²) in [6.45, 7) is 2.48. The molecule has 0 fully saturated rings. The summed E-state index contributed by atoms with van der Waals surface area (Å²) in [5.41, 5.74) is 7.69. The molecule has 7 heteroatoms. The zero-order valence-corrected chi connectivity index (χ0v) is 12.4. The molecule has 0 spiro atoms. The lowest BCUT2D eigenvalue weighted by Crippen LogP contribution is -2.32. The monoisotopic (exact) mass is 301 g/mol. The van der Waals surface area contributed by atoms with E-state index in [-0.39, 0.29) is 6.61 Å². The Morgan fingerprint density at radius 3 is 3.05 bits per heavy atom. The Hall–Kier alpha value is -2.54. The molecule has 0 bridgehead atoms. The zero-order chi connectivity index (χ0) is 15.4. The van der Waals surface area contributed by atoms with Crippen LogP contribution in [0, 0.1) is 0 Å². The van der Waals surface area contributed by atoms with Crippen LogP contribution in [-0.4, -0.2) is 32.4 Å². The minimum Gasteiger partial charge on any atom is -0.394 e. The number of nitrogens with zero attached hydrogens (tertiary/aromatic N) is 4. The average Bonchev–Trinajstić information content (AvgIpc) is 3.10. The molecule has 0 unspecified atom stereocenters. The van der Waals surface area contributed by atoms with Crippen LogP contribution in [0.5, 0.6) is 0 Å². The molecule has 4 N–H and O–H groups in total. The number of aryl methyl sites for hydroxylation is 1. The summed E-state index contributed by atoms with van der Waals surface area (Å²) in [6, 6.07) is 5.83. The molecule has 0 radical (unpaired) electrons. The second kappa shape index (κ2) is 6.48. The van der Waals surface area contributed by atoms with Crippen molar-refractivity contribution in [2.24, 2.45) is 0 Å². The van der Waals surface area contributed by atoms with E-state index in [0.717, 1.165) is 30.8 Å². The van der Waals surface area contributed by atoms with Crippen molar-refractivity contribution < 1.29 is 9.67 Å². The standard InChI is InChI=1S/C15H21N6O/c16-14-13-4-1-2-7-21(13)18-15(14)17-5-3-6-19-8-9-20(12-19)10-11-22/h1-2,4,7-9,12,22H,3,5-6,10-11,16H2,(H,17,18)/q+1. The first kappa shape index (κ1) is 14.4. The molecule has 0 atom stereocenters. The number of aliphatic hydroxyl groups is 1. The number of hydrogen-bond donors (Lipinski definition) is 3. The number of aliphatic hydroxyl groups excluding tert-OH is 1. The number of pyridine rings is 1. The summed E-state index contributed by atoms with van der Waals surface area (Å²) in [6.07, 6.45) is 8.81. The molecule has 0 aliphatic rings. The van der Waals surface area contributed by atoms with E-state index in [1.54, 1.807) is 4.52 Å². The lowest BCUT2D eigenvalue weighted by molar-refractivity contribution is -0.696. The summed E-state index contributed by atoms with van der Waals surface area (Å²) in [4.78, 5) is 0. The van der Waals surface area contributed by atoms with Crippen molar-refractivity contribution in [3.8, 4) is 0 Å². The van der Waals surface area contributed by atoms with Gasteiger partial charge in [-0.15, -0.1) is 5.10 Å². The molecule has 3 rings (SSSR count). The van der Waals surface area contributed by atoms with Gasteiger partial charge < -0.3 is 16.2 Å². The van der Waals surface area contributed by atoms with E-state index in [2.05, 4.69) is 15.0 Å². The Balaban J connectivity index is 1.52. The van der Waals surface area contributed by atoms with Crippen LogP contribution in [0.15, 0.2) is 43.1 Å². The van der Waals surface area contributed by atoms with Gasteiger partial charge in [-0.2, -0.15) is 0 Å². The van der Waals surface area contributed by atoms with E-state index >= 15 is 0 Å².